The van der Waals surface area contributed by atoms with E-state index < -0.39 is 23.8 Å². The molecule has 0 bridgehead atoms. The summed E-state index contributed by atoms with van der Waals surface area (Å²) in [6, 6.07) is 7.06. The van der Waals surface area contributed by atoms with Crippen LogP contribution in [0.25, 0.3) is 0 Å². The van der Waals surface area contributed by atoms with E-state index in [-0.39, 0.29) is 23.1 Å². The molecule has 0 saturated carbocycles. The van der Waals surface area contributed by atoms with Crippen LogP contribution in [0.3, 0.4) is 0 Å². The maximum absolute atomic E-state index is 12.8. The van der Waals surface area contributed by atoms with Gasteiger partial charge in [-0.05, 0) is 77.7 Å². The maximum Gasteiger partial charge on any atom is 0.262 e. The summed E-state index contributed by atoms with van der Waals surface area (Å²) < 4.78 is 11.7. The molecule has 0 saturated heterocycles. The van der Waals surface area contributed by atoms with Crippen LogP contribution in [-0.4, -0.2) is 43.2 Å². The number of amides is 3. The van der Waals surface area contributed by atoms with Gasteiger partial charge in [-0.2, -0.15) is 5.10 Å². The molecule has 0 unspecified atom stereocenters. The zero-order valence-electron chi connectivity index (χ0n) is 19.9. The Kier molecular flexibility index (Phi) is 11.7. The van der Waals surface area contributed by atoms with Gasteiger partial charge in [-0.3, -0.25) is 14.4 Å². The minimum atomic E-state index is -0.843. The summed E-state index contributed by atoms with van der Waals surface area (Å²) in [5, 5.41) is 7.33. The fourth-order valence-corrected chi connectivity index (χ4v) is 4.35. The quantitative estimate of drug-likeness (QED) is 0.181. The fourth-order valence-electron chi connectivity index (χ4n) is 3.07. The highest BCUT2D eigenvalue weighted by Crippen LogP contribution is 2.34. The summed E-state index contributed by atoms with van der Waals surface area (Å²) >= 11 is 14.1. The molecule has 0 aliphatic carbocycles. The number of carbonyl (C=O) groups excluding carboxylic acids is 3. The van der Waals surface area contributed by atoms with Crippen LogP contribution in [-0.2, 0) is 9.59 Å². The molecule has 0 aliphatic rings. The van der Waals surface area contributed by atoms with Gasteiger partial charge in [0, 0.05) is 5.02 Å². The van der Waals surface area contributed by atoms with Crippen LogP contribution in [0.2, 0.25) is 10.0 Å². The number of hydrogen-bond donors (Lipinski definition) is 3. The van der Waals surface area contributed by atoms with E-state index in [1.807, 2.05) is 43.4 Å². The number of nitrogens with two attached hydrogens (primary N) is 1. The molecule has 4 N–H and O–H groups in total. The van der Waals surface area contributed by atoms with Gasteiger partial charge < -0.3 is 20.5 Å². The molecule has 2 aromatic rings. The molecule has 3 amide bonds. The number of ether oxygens (including phenoxy) is 2. The van der Waals surface area contributed by atoms with Gasteiger partial charge >= 0.3 is 0 Å². The van der Waals surface area contributed by atoms with Crippen molar-refractivity contribution in [3.63, 3.8) is 0 Å². The average Bonchev–Trinajstić information content (AvgIpc) is 2.77. The first-order valence-corrected chi connectivity index (χ1v) is 12.8. The molecule has 2 rings (SSSR count). The van der Waals surface area contributed by atoms with Crippen molar-refractivity contribution in [2.24, 2.45) is 16.8 Å². The van der Waals surface area contributed by atoms with Crippen LogP contribution >= 0.6 is 45.8 Å². The van der Waals surface area contributed by atoms with Crippen LogP contribution in [0, 0.1) is 9.49 Å². The van der Waals surface area contributed by atoms with Crippen molar-refractivity contribution in [2.75, 3.05) is 13.2 Å². The van der Waals surface area contributed by atoms with Gasteiger partial charge in [0.15, 0.2) is 18.1 Å². The van der Waals surface area contributed by atoms with Gasteiger partial charge in [0.1, 0.15) is 6.04 Å². The van der Waals surface area contributed by atoms with Crippen molar-refractivity contribution in [1.29, 1.82) is 0 Å². The average molecular weight is 649 g/mol. The Morgan fingerprint density at radius 3 is 2.50 bits per heavy atom. The normalized spacial score (nSPS) is 11.9. The molecule has 2 aromatic carbocycles. The SMILES string of the molecule is CCOc1cc(/C=N\NC(=O)[C@H](CC(C)C)NC(=O)c2ccc(Cl)cc2Cl)cc(I)c1OCC(N)=O. The van der Waals surface area contributed by atoms with Gasteiger partial charge in [-0.15, -0.1) is 0 Å². The lowest BCUT2D eigenvalue weighted by molar-refractivity contribution is -0.123. The molecule has 0 radical (unpaired) electrons. The molecule has 36 heavy (non-hydrogen) atoms. The molecule has 9 nitrogen and oxygen atoms in total. The summed E-state index contributed by atoms with van der Waals surface area (Å²) in [6.07, 6.45) is 1.82. The number of hydrazone groups is 1. The van der Waals surface area contributed by atoms with E-state index in [1.165, 1.54) is 18.3 Å². The van der Waals surface area contributed by atoms with Gasteiger partial charge in [-0.25, -0.2) is 5.43 Å². The number of hydrogen-bond acceptors (Lipinski definition) is 6. The lowest BCUT2D eigenvalue weighted by Crippen LogP contribution is -2.46. The van der Waals surface area contributed by atoms with Crippen LogP contribution in [0.4, 0.5) is 0 Å². The lowest BCUT2D eigenvalue weighted by Gasteiger charge is -2.19. The number of halogens is 3. The highest BCUT2D eigenvalue weighted by atomic mass is 127. The van der Waals surface area contributed by atoms with Crippen LogP contribution in [0.1, 0.15) is 43.1 Å². The third kappa shape index (κ3) is 9.14. The van der Waals surface area contributed by atoms with E-state index in [1.54, 1.807) is 18.2 Å². The van der Waals surface area contributed by atoms with E-state index in [4.69, 9.17) is 38.4 Å². The summed E-state index contributed by atoms with van der Waals surface area (Å²) in [5.74, 6) is -0.679. The highest BCUT2D eigenvalue weighted by molar-refractivity contribution is 14.1. The van der Waals surface area contributed by atoms with Crippen molar-refractivity contribution < 1.29 is 23.9 Å². The van der Waals surface area contributed by atoms with Gasteiger partial charge in [0.05, 0.1) is 27.0 Å². The molecule has 0 heterocycles. The van der Waals surface area contributed by atoms with E-state index >= 15 is 0 Å². The maximum atomic E-state index is 12.8. The van der Waals surface area contributed by atoms with E-state index in [9.17, 15) is 14.4 Å². The molecule has 12 heteroatoms. The molecule has 0 fully saturated rings. The first-order chi connectivity index (χ1) is 17.0. The van der Waals surface area contributed by atoms with Crippen molar-refractivity contribution in [1.82, 2.24) is 10.7 Å². The number of nitrogens with zero attached hydrogens (tertiary/aromatic N) is 1. The van der Waals surface area contributed by atoms with Crippen molar-refractivity contribution >= 4 is 69.7 Å². The van der Waals surface area contributed by atoms with E-state index in [0.717, 1.165) is 0 Å². The van der Waals surface area contributed by atoms with Crippen LogP contribution < -0.4 is 25.9 Å². The number of nitrogens with one attached hydrogen (secondary N) is 2. The third-order valence-corrected chi connectivity index (χ3v) is 5.93. The Hall–Kier alpha value is -2.57. The zero-order valence-corrected chi connectivity index (χ0v) is 23.6. The second kappa shape index (κ2) is 14.2. The third-order valence-electron chi connectivity index (χ3n) is 4.58. The van der Waals surface area contributed by atoms with Gasteiger partial charge in [0.2, 0.25) is 0 Å². The molecule has 1 atom stereocenters. The standard InChI is InChI=1S/C24H27Cl2IN4O5/c1-4-35-20-9-14(8-18(27)22(20)36-12-21(28)32)11-29-31-24(34)19(7-13(2)3)30-23(33)16-6-5-15(25)10-17(16)26/h5-6,8-11,13,19H,4,7,12H2,1-3H3,(H2,28,32)(H,30,33)(H,31,34)/b29-11-/t19-/m0/s1. The largest absolute Gasteiger partial charge is 0.490 e. The molecular weight excluding hydrogens is 622 g/mol. The molecule has 0 spiro atoms. The van der Waals surface area contributed by atoms with Crippen molar-refractivity contribution in [3.05, 3.63) is 55.1 Å². The Morgan fingerprint density at radius 2 is 1.89 bits per heavy atom. The number of benzene rings is 2. The van der Waals surface area contributed by atoms with Crippen molar-refractivity contribution in [3.8, 4) is 11.5 Å². The molecule has 0 aliphatic heterocycles. The predicted octanol–water partition coefficient (Wildman–Crippen LogP) is 4.16. The number of carbonyl (C=O) groups is 3. The zero-order chi connectivity index (χ0) is 26.8. The first kappa shape index (κ1) is 29.7. The monoisotopic (exact) mass is 648 g/mol. The Morgan fingerprint density at radius 1 is 1.17 bits per heavy atom. The van der Waals surface area contributed by atoms with Crippen LogP contribution in [0.15, 0.2) is 35.4 Å². The lowest BCUT2D eigenvalue weighted by atomic mass is 10.0. The number of primary amides is 1. The summed E-state index contributed by atoms with van der Waals surface area (Å²) in [7, 11) is 0. The molecule has 0 aromatic heterocycles. The van der Waals surface area contributed by atoms with E-state index in [0.29, 0.717) is 38.7 Å². The topological polar surface area (TPSA) is 132 Å². The summed E-state index contributed by atoms with van der Waals surface area (Å²) in [6.45, 7) is 5.76. The van der Waals surface area contributed by atoms with Crippen LogP contribution in [0.5, 0.6) is 11.5 Å². The summed E-state index contributed by atoms with van der Waals surface area (Å²) in [5.41, 5.74) is 8.46. The second-order valence-electron chi connectivity index (χ2n) is 8.03. The first-order valence-electron chi connectivity index (χ1n) is 11.0. The predicted molar refractivity (Wildman–Crippen MR) is 148 cm³/mol. The second-order valence-corrected chi connectivity index (χ2v) is 10.0. The van der Waals surface area contributed by atoms with E-state index in [2.05, 4.69) is 15.8 Å². The summed E-state index contributed by atoms with van der Waals surface area (Å²) in [4.78, 5) is 36.6. The Bertz CT molecular complexity index is 1140. The molecular formula is C24H27Cl2IN4O5. The van der Waals surface area contributed by atoms with Gasteiger partial charge in [-0.1, -0.05) is 37.0 Å². The number of rotatable bonds is 12. The highest BCUT2D eigenvalue weighted by Gasteiger charge is 2.23. The Labute approximate surface area is 233 Å². The minimum absolute atomic E-state index is 0.119. The minimum Gasteiger partial charge on any atom is -0.490 e. The fraction of sp³-hybridized carbons (Fsp3) is 0.333. The smallest absolute Gasteiger partial charge is 0.262 e. The Balaban J connectivity index is 2.15. The van der Waals surface area contributed by atoms with Gasteiger partial charge in [0.25, 0.3) is 17.7 Å². The molecule has 194 valence electrons. The van der Waals surface area contributed by atoms with Crippen molar-refractivity contribution in [2.45, 2.75) is 33.2 Å².